The number of benzene rings is 1. The lowest BCUT2D eigenvalue weighted by Gasteiger charge is -2.33. The number of amides is 1. The summed E-state index contributed by atoms with van der Waals surface area (Å²) in [6.45, 7) is 4.08. The van der Waals surface area contributed by atoms with E-state index >= 15 is 0 Å². The Morgan fingerprint density at radius 1 is 1.50 bits per heavy atom. The van der Waals surface area contributed by atoms with Crippen molar-refractivity contribution in [3.63, 3.8) is 0 Å². The molecule has 0 radical (unpaired) electrons. The summed E-state index contributed by atoms with van der Waals surface area (Å²) in [4.78, 5) is 14.2. The van der Waals surface area contributed by atoms with Crippen molar-refractivity contribution in [2.24, 2.45) is 0 Å². The van der Waals surface area contributed by atoms with Gasteiger partial charge in [-0.3, -0.25) is 9.69 Å². The molecule has 5 nitrogen and oxygen atoms in total. The number of rotatable bonds is 1. The number of hydrogen-bond donors (Lipinski definition) is 0. The van der Waals surface area contributed by atoms with Crippen LogP contribution >= 0.6 is 11.6 Å². The van der Waals surface area contributed by atoms with Crippen LogP contribution in [0.1, 0.15) is 23.2 Å². The van der Waals surface area contributed by atoms with Crippen molar-refractivity contribution in [2.75, 3.05) is 11.4 Å². The van der Waals surface area contributed by atoms with Gasteiger partial charge in [-0.05, 0) is 26.0 Å². The zero-order valence-electron chi connectivity index (χ0n) is 11.1. The molecule has 0 spiro atoms. The summed E-state index contributed by atoms with van der Waals surface area (Å²) in [6.07, 6.45) is -0.139. The monoisotopic (exact) mass is 292 g/mol. The molecule has 2 aromatic rings. The Morgan fingerprint density at radius 3 is 3.00 bits per heavy atom. The lowest BCUT2D eigenvalue weighted by atomic mass is 10.2. The molecule has 0 saturated carbocycles. The number of anilines is 1. The van der Waals surface area contributed by atoms with Crippen LogP contribution in [-0.2, 0) is 0 Å². The lowest BCUT2D eigenvalue weighted by molar-refractivity contribution is 0.0952. The highest BCUT2D eigenvalue weighted by Gasteiger charge is 2.31. The van der Waals surface area contributed by atoms with E-state index in [2.05, 4.69) is 5.16 Å². The molecule has 3 rings (SSSR count). The average molecular weight is 293 g/mol. The number of carbonyl (C=O) groups excluding carboxylic acids is 1. The largest absolute Gasteiger partial charge is 0.485 e. The number of para-hydroxylation sites is 1. The van der Waals surface area contributed by atoms with E-state index in [1.165, 1.54) is 0 Å². The first-order chi connectivity index (χ1) is 9.56. The van der Waals surface area contributed by atoms with Crippen LogP contribution in [0.15, 0.2) is 28.8 Å². The van der Waals surface area contributed by atoms with E-state index in [9.17, 15) is 4.79 Å². The van der Waals surface area contributed by atoms with Crippen LogP contribution in [0.2, 0.25) is 5.02 Å². The van der Waals surface area contributed by atoms with E-state index in [0.717, 1.165) is 0 Å². The molecule has 0 bridgehead atoms. The third kappa shape index (κ3) is 2.14. The van der Waals surface area contributed by atoms with Gasteiger partial charge in [0.05, 0.1) is 17.3 Å². The number of halogens is 1. The molecule has 1 aromatic heterocycles. The zero-order valence-corrected chi connectivity index (χ0v) is 11.8. The summed E-state index contributed by atoms with van der Waals surface area (Å²) >= 11 is 6.13. The molecule has 1 aliphatic rings. The van der Waals surface area contributed by atoms with Gasteiger partial charge in [-0.15, -0.1) is 0 Å². The van der Waals surface area contributed by atoms with Crippen molar-refractivity contribution < 1.29 is 14.1 Å². The van der Waals surface area contributed by atoms with E-state index in [4.69, 9.17) is 20.9 Å². The number of hydrogen-bond acceptors (Lipinski definition) is 4. The Hall–Kier alpha value is -2.01. The molecule has 104 valence electrons. The molecule has 1 aromatic carbocycles. The minimum absolute atomic E-state index is 0.139. The first-order valence-electron chi connectivity index (χ1n) is 6.26. The molecule has 20 heavy (non-hydrogen) atoms. The van der Waals surface area contributed by atoms with Crippen LogP contribution < -0.4 is 9.64 Å². The Morgan fingerprint density at radius 2 is 2.30 bits per heavy atom. The molecule has 1 unspecified atom stereocenters. The van der Waals surface area contributed by atoms with Crippen molar-refractivity contribution in [2.45, 2.75) is 20.0 Å². The first-order valence-corrected chi connectivity index (χ1v) is 6.64. The van der Waals surface area contributed by atoms with Crippen molar-refractivity contribution >= 4 is 23.2 Å². The maximum absolute atomic E-state index is 12.5. The number of aryl methyl sites for hydroxylation is 1. The summed E-state index contributed by atoms with van der Waals surface area (Å²) in [7, 11) is 0. The predicted molar refractivity (Wildman–Crippen MR) is 74.5 cm³/mol. The van der Waals surface area contributed by atoms with Crippen LogP contribution in [0.25, 0.3) is 0 Å². The van der Waals surface area contributed by atoms with Crippen LogP contribution in [0.4, 0.5) is 5.69 Å². The third-order valence-corrected chi connectivity index (χ3v) is 3.39. The number of carbonyl (C=O) groups is 1. The van der Waals surface area contributed by atoms with Gasteiger partial charge >= 0.3 is 0 Å². The van der Waals surface area contributed by atoms with Crippen LogP contribution in [0, 0.1) is 6.92 Å². The Kier molecular flexibility index (Phi) is 3.14. The average Bonchev–Trinajstić information content (AvgIpc) is 2.85. The highest BCUT2D eigenvalue weighted by Crippen LogP contribution is 2.39. The van der Waals surface area contributed by atoms with Gasteiger partial charge in [0.15, 0.2) is 11.4 Å². The molecule has 1 amide bonds. The molecule has 0 N–H and O–H groups in total. The van der Waals surface area contributed by atoms with Crippen LogP contribution in [0.3, 0.4) is 0 Å². The van der Waals surface area contributed by atoms with Gasteiger partial charge in [-0.1, -0.05) is 22.8 Å². The van der Waals surface area contributed by atoms with Gasteiger partial charge in [0, 0.05) is 6.07 Å². The summed E-state index contributed by atoms with van der Waals surface area (Å²) in [6, 6.07) is 6.95. The molecule has 2 heterocycles. The van der Waals surface area contributed by atoms with E-state index in [0.29, 0.717) is 28.8 Å². The van der Waals surface area contributed by atoms with E-state index < -0.39 is 0 Å². The first kappa shape index (κ1) is 13.0. The molecule has 0 fully saturated rings. The summed E-state index contributed by atoms with van der Waals surface area (Å²) in [5.74, 6) is 0.906. The van der Waals surface area contributed by atoms with Gasteiger partial charge in [-0.25, -0.2) is 0 Å². The fourth-order valence-corrected chi connectivity index (χ4v) is 2.43. The van der Waals surface area contributed by atoms with E-state index in [1.807, 2.05) is 6.92 Å². The van der Waals surface area contributed by atoms with Crippen molar-refractivity contribution in [3.8, 4) is 5.75 Å². The topological polar surface area (TPSA) is 55.6 Å². The highest BCUT2D eigenvalue weighted by molar-refractivity contribution is 6.32. The summed E-state index contributed by atoms with van der Waals surface area (Å²) in [5, 5.41) is 4.26. The smallest absolute Gasteiger partial charge is 0.280 e. The van der Waals surface area contributed by atoms with Gasteiger partial charge in [0.1, 0.15) is 11.9 Å². The van der Waals surface area contributed by atoms with Crippen molar-refractivity contribution in [1.82, 2.24) is 5.16 Å². The molecular weight excluding hydrogens is 280 g/mol. The van der Waals surface area contributed by atoms with Gasteiger partial charge in [0.25, 0.3) is 5.91 Å². The maximum atomic E-state index is 12.5. The number of ether oxygens (including phenoxy) is 1. The molecule has 1 atom stereocenters. The molecule has 1 aliphatic heterocycles. The van der Waals surface area contributed by atoms with E-state index in [1.54, 1.807) is 36.1 Å². The fraction of sp³-hybridized carbons (Fsp3) is 0.286. The standard InChI is InChI=1S/C14H13ClN2O3/c1-8-6-11(16-20-8)14(18)17-7-9(2)19-13-10(15)4-3-5-12(13)17/h3-6,9H,7H2,1-2H3. The maximum Gasteiger partial charge on any atom is 0.280 e. The van der Waals surface area contributed by atoms with Crippen LogP contribution in [0.5, 0.6) is 5.75 Å². The normalized spacial score (nSPS) is 17.6. The van der Waals surface area contributed by atoms with Gasteiger partial charge in [-0.2, -0.15) is 0 Å². The van der Waals surface area contributed by atoms with Gasteiger partial charge < -0.3 is 9.26 Å². The van der Waals surface area contributed by atoms with Gasteiger partial charge in [0.2, 0.25) is 0 Å². The minimum Gasteiger partial charge on any atom is -0.485 e. The fourth-order valence-electron chi connectivity index (χ4n) is 2.22. The molecule has 0 aliphatic carbocycles. The number of nitrogens with zero attached hydrogens (tertiary/aromatic N) is 2. The molecule has 0 saturated heterocycles. The predicted octanol–water partition coefficient (Wildman–Crippen LogP) is 3.06. The second-order valence-electron chi connectivity index (χ2n) is 4.76. The van der Waals surface area contributed by atoms with Crippen LogP contribution in [-0.4, -0.2) is 23.7 Å². The SMILES string of the molecule is Cc1cc(C(=O)N2CC(C)Oc3c(Cl)cccc32)no1. The summed E-state index contributed by atoms with van der Waals surface area (Å²) in [5.41, 5.74) is 0.934. The quantitative estimate of drug-likeness (QED) is 0.810. The molecular formula is C14H13ClN2O3. The van der Waals surface area contributed by atoms with Crippen molar-refractivity contribution in [1.29, 1.82) is 0 Å². The minimum atomic E-state index is -0.222. The second-order valence-corrected chi connectivity index (χ2v) is 5.16. The third-order valence-electron chi connectivity index (χ3n) is 3.09. The molecule has 6 heteroatoms. The van der Waals surface area contributed by atoms with Crippen molar-refractivity contribution in [3.05, 3.63) is 40.7 Å². The number of aromatic nitrogens is 1. The highest BCUT2D eigenvalue weighted by atomic mass is 35.5. The Bertz CT molecular complexity index is 668. The summed E-state index contributed by atoms with van der Waals surface area (Å²) < 4.78 is 10.7. The Balaban J connectivity index is 2.03. The second kappa shape index (κ2) is 4.83. The Labute approximate surface area is 121 Å². The number of fused-ring (bicyclic) bond motifs is 1. The zero-order chi connectivity index (χ0) is 14.3. The lowest BCUT2D eigenvalue weighted by Crippen LogP contribution is -2.42. The van der Waals surface area contributed by atoms with E-state index in [-0.39, 0.29) is 17.7 Å².